The molecule has 0 aromatic heterocycles. The van der Waals surface area contributed by atoms with Crippen molar-refractivity contribution in [2.24, 2.45) is 0 Å². The first-order valence-corrected chi connectivity index (χ1v) is 7.29. The van der Waals surface area contributed by atoms with E-state index in [1.54, 1.807) is 0 Å². The number of carbonyl (C=O) groups is 1. The highest BCUT2D eigenvalue weighted by atomic mass is 16.3. The summed E-state index contributed by atoms with van der Waals surface area (Å²) < 4.78 is 0. The Morgan fingerprint density at radius 3 is 2.47 bits per heavy atom. The van der Waals surface area contributed by atoms with Gasteiger partial charge in [0.1, 0.15) is 5.60 Å². The number of hydrogen-bond donors (Lipinski definition) is 1. The van der Waals surface area contributed by atoms with E-state index < -0.39 is 5.60 Å². The van der Waals surface area contributed by atoms with Crippen molar-refractivity contribution in [1.82, 2.24) is 0 Å². The van der Waals surface area contributed by atoms with Gasteiger partial charge in [0, 0.05) is 17.6 Å². The number of nitrogens with zero attached hydrogens (tertiary/aromatic N) is 1. The molecule has 2 aliphatic carbocycles. The molecule has 0 atom stereocenters. The van der Waals surface area contributed by atoms with Crippen molar-refractivity contribution in [1.29, 1.82) is 0 Å². The quantitative estimate of drug-likeness (QED) is 0.839. The maximum Gasteiger partial charge on any atom is 0.258 e. The number of aliphatic hydroxyl groups is 1. The van der Waals surface area contributed by atoms with Crippen molar-refractivity contribution in [3.8, 4) is 0 Å². The van der Waals surface area contributed by atoms with Gasteiger partial charge in [-0.15, -0.1) is 0 Å². The molecule has 2 fully saturated rings. The summed E-state index contributed by atoms with van der Waals surface area (Å²) in [4.78, 5) is 14.6. The van der Waals surface area contributed by atoms with Gasteiger partial charge >= 0.3 is 0 Å². The average Bonchev–Trinajstić information content (AvgIpc) is 2.95. The average molecular weight is 257 g/mol. The topological polar surface area (TPSA) is 40.5 Å². The van der Waals surface area contributed by atoms with Crippen molar-refractivity contribution in [3.63, 3.8) is 0 Å². The molecule has 19 heavy (non-hydrogen) atoms. The third-order valence-electron chi connectivity index (χ3n) is 5.15. The van der Waals surface area contributed by atoms with Gasteiger partial charge in [-0.25, -0.2) is 0 Å². The molecule has 100 valence electrons. The number of benzene rings is 1. The van der Waals surface area contributed by atoms with Crippen molar-refractivity contribution in [2.45, 2.75) is 49.5 Å². The molecular formula is C16H19NO2. The van der Waals surface area contributed by atoms with E-state index in [2.05, 4.69) is 12.1 Å². The third-order valence-corrected chi connectivity index (χ3v) is 5.15. The summed E-state index contributed by atoms with van der Waals surface area (Å²) in [5.74, 6) is -0.0683. The van der Waals surface area contributed by atoms with E-state index in [0.717, 1.165) is 25.1 Å². The third kappa shape index (κ3) is 1.51. The summed E-state index contributed by atoms with van der Waals surface area (Å²) >= 11 is 0. The fraction of sp³-hybridized carbons (Fsp3) is 0.562. The van der Waals surface area contributed by atoms with E-state index in [1.165, 1.54) is 18.4 Å². The van der Waals surface area contributed by atoms with E-state index in [1.807, 2.05) is 17.0 Å². The minimum atomic E-state index is -1.10. The summed E-state index contributed by atoms with van der Waals surface area (Å²) in [6.07, 6.45) is 5.51. The van der Waals surface area contributed by atoms with Gasteiger partial charge in [0.2, 0.25) is 0 Å². The minimum absolute atomic E-state index is 0.0683. The molecule has 3 nitrogen and oxygen atoms in total. The number of anilines is 1. The summed E-state index contributed by atoms with van der Waals surface area (Å²) in [5.41, 5.74) is 1.45. The molecular weight excluding hydrogens is 238 g/mol. The molecule has 1 heterocycles. The Kier molecular flexibility index (Phi) is 2.17. The van der Waals surface area contributed by atoms with E-state index in [-0.39, 0.29) is 11.3 Å². The molecule has 0 saturated heterocycles. The molecule has 1 aromatic carbocycles. The van der Waals surface area contributed by atoms with E-state index in [4.69, 9.17) is 0 Å². The van der Waals surface area contributed by atoms with Crippen LogP contribution >= 0.6 is 0 Å². The van der Waals surface area contributed by atoms with Crippen LogP contribution in [-0.2, 0) is 10.2 Å². The molecule has 3 heteroatoms. The van der Waals surface area contributed by atoms with Crippen LogP contribution in [0.4, 0.5) is 5.69 Å². The zero-order valence-corrected chi connectivity index (χ0v) is 11.1. The smallest absolute Gasteiger partial charge is 0.258 e. The second-order valence-electron chi connectivity index (χ2n) is 6.43. The van der Waals surface area contributed by atoms with E-state index in [0.29, 0.717) is 12.8 Å². The monoisotopic (exact) mass is 257 g/mol. The minimum Gasteiger partial charge on any atom is -0.380 e. The highest BCUT2D eigenvalue weighted by molar-refractivity contribution is 6.02. The Balaban J connectivity index is 1.72. The maximum atomic E-state index is 12.7. The highest BCUT2D eigenvalue weighted by Crippen LogP contribution is 2.56. The molecule has 1 amide bonds. The van der Waals surface area contributed by atoms with E-state index >= 15 is 0 Å². The van der Waals surface area contributed by atoms with E-state index in [9.17, 15) is 9.90 Å². The first kappa shape index (κ1) is 11.5. The fourth-order valence-corrected chi connectivity index (χ4v) is 3.81. The van der Waals surface area contributed by atoms with Crippen LogP contribution in [0.1, 0.15) is 44.1 Å². The van der Waals surface area contributed by atoms with Gasteiger partial charge in [0.05, 0.1) is 0 Å². The molecule has 0 bridgehead atoms. The summed E-state index contributed by atoms with van der Waals surface area (Å²) in [6, 6.07) is 8.21. The Morgan fingerprint density at radius 2 is 1.79 bits per heavy atom. The van der Waals surface area contributed by atoms with Gasteiger partial charge < -0.3 is 10.0 Å². The fourth-order valence-electron chi connectivity index (χ4n) is 3.81. The normalized spacial score (nSPS) is 25.6. The van der Waals surface area contributed by atoms with Crippen molar-refractivity contribution < 1.29 is 9.90 Å². The lowest BCUT2D eigenvalue weighted by Crippen LogP contribution is -2.47. The van der Waals surface area contributed by atoms with Crippen LogP contribution in [-0.4, -0.2) is 23.2 Å². The number of carbonyl (C=O) groups excluding carboxylic acids is 1. The van der Waals surface area contributed by atoms with Gasteiger partial charge in [0.25, 0.3) is 5.91 Å². The van der Waals surface area contributed by atoms with Crippen LogP contribution in [0.2, 0.25) is 0 Å². The molecule has 1 aromatic rings. The predicted octanol–water partition coefficient (Wildman–Crippen LogP) is 2.37. The SMILES string of the molecule is O=C(N1CC2(CC2)c2ccccc21)C1(O)CCCC1. The second-order valence-corrected chi connectivity index (χ2v) is 6.43. The molecule has 2 saturated carbocycles. The van der Waals surface area contributed by atoms with Crippen molar-refractivity contribution >= 4 is 11.6 Å². The zero-order chi connectivity index (χ0) is 13.1. The van der Waals surface area contributed by atoms with Gasteiger partial charge in [-0.3, -0.25) is 4.79 Å². The number of hydrogen-bond acceptors (Lipinski definition) is 2. The lowest BCUT2D eigenvalue weighted by Gasteiger charge is -2.28. The van der Waals surface area contributed by atoms with Crippen LogP contribution in [0.3, 0.4) is 0 Å². The molecule has 4 rings (SSSR count). The second kappa shape index (κ2) is 3.60. The lowest BCUT2D eigenvalue weighted by molar-refractivity contribution is -0.136. The molecule has 0 unspecified atom stereocenters. The van der Waals surface area contributed by atoms with Crippen LogP contribution in [0.15, 0.2) is 24.3 Å². The van der Waals surface area contributed by atoms with Crippen molar-refractivity contribution in [2.75, 3.05) is 11.4 Å². The number of amides is 1. The molecule has 1 N–H and O–H groups in total. The molecule has 1 spiro atoms. The van der Waals surface area contributed by atoms with Crippen LogP contribution in [0, 0.1) is 0 Å². The largest absolute Gasteiger partial charge is 0.380 e. The maximum absolute atomic E-state index is 12.7. The Hall–Kier alpha value is -1.35. The van der Waals surface area contributed by atoms with Gasteiger partial charge in [-0.05, 0) is 50.2 Å². The Morgan fingerprint density at radius 1 is 1.11 bits per heavy atom. The standard InChI is InChI=1S/C16H19NO2/c18-14(16(19)7-3-4-8-16)17-11-15(9-10-15)12-5-1-2-6-13(12)17/h1-2,5-6,19H,3-4,7-11H2. The molecule has 0 radical (unpaired) electrons. The van der Waals surface area contributed by atoms with Gasteiger partial charge in [0.15, 0.2) is 0 Å². The first-order valence-electron chi connectivity index (χ1n) is 7.29. The van der Waals surface area contributed by atoms with Gasteiger partial charge in [-0.1, -0.05) is 18.2 Å². The Bertz CT molecular complexity index is 541. The van der Waals surface area contributed by atoms with Gasteiger partial charge in [-0.2, -0.15) is 0 Å². The summed E-state index contributed by atoms with van der Waals surface area (Å²) in [7, 11) is 0. The molecule has 3 aliphatic rings. The van der Waals surface area contributed by atoms with Crippen LogP contribution in [0.25, 0.3) is 0 Å². The lowest BCUT2D eigenvalue weighted by atomic mass is 9.99. The van der Waals surface area contributed by atoms with Crippen LogP contribution < -0.4 is 4.90 Å². The van der Waals surface area contributed by atoms with Crippen LogP contribution in [0.5, 0.6) is 0 Å². The predicted molar refractivity (Wildman–Crippen MR) is 73.1 cm³/mol. The summed E-state index contributed by atoms with van der Waals surface area (Å²) in [5, 5.41) is 10.5. The number of fused-ring (bicyclic) bond motifs is 2. The molecule has 1 aliphatic heterocycles. The Labute approximate surface area is 113 Å². The first-order chi connectivity index (χ1) is 9.15. The zero-order valence-electron chi connectivity index (χ0n) is 11.1. The number of para-hydroxylation sites is 1. The number of rotatable bonds is 1. The highest BCUT2D eigenvalue weighted by Gasteiger charge is 2.55. The van der Waals surface area contributed by atoms with Crippen molar-refractivity contribution in [3.05, 3.63) is 29.8 Å². The summed E-state index contributed by atoms with van der Waals surface area (Å²) in [6.45, 7) is 0.771.